The normalized spacial score (nSPS) is 22.8. The summed E-state index contributed by atoms with van der Waals surface area (Å²) < 4.78 is 58.0. The Morgan fingerprint density at radius 1 is 1.41 bits per heavy atom. The van der Waals surface area contributed by atoms with E-state index < -0.39 is 12.1 Å². The van der Waals surface area contributed by atoms with Crippen LogP contribution in [0.15, 0.2) is 53.6 Å². The molecule has 0 aromatic carbocycles. The summed E-state index contributed by atoms with van der Waals surface area (Å²) in [6, 6.07) is 3.07. The standard InChI is InChI=1S/C24H31F3N2O3/c1-4-7-16(13-17(8-5-2)24(25,26)27)19-15-31-20-9-6-10-21(23(20)29-19)32-18-11-12-28-22(14-18)30-3/h4,7,11-14,17,19,21,29H,5-6,8-10,15H2,1-3H3/b7-4-,16-13+. The zero-order chi connectivity index (χ0) is 23.1. The highest BCUT2D eigenvalue weighted by Gasteiger charge is 2.39. The molecule has 8 heteroatoms. The number of alkyl halides is 3. The topological polar surface area (TPSA) is 52.6 Å². The molecule has 176 valence electrons. The molecule has 1 aliphatic carbocycles. The Labute approximate surface area is 187 Å². The summed E-state index contributed by atoms with van der Waals surface area (Å²) in [5.74, 6) is 0.396. The predicted octanol–water partition coefficient (Wildman–Crippen LogP) is 5.70. The fraction of sp³-hybridized carbons (Fsp3) is 0.542. The van der Waals surface area contributed by atoms with Gasteiger partial charge in [-0.05, 0) is 37.8 Å². The van der Waals surface area contributed by atoms with Gasteiger partial charge in [0.1, 0.15) is 24.2 Å². The number of hydrogen-bond donors (Lipinski definition) is 1. The zero-order valence-electron chi connectivity index (χ0n) is 18.7. The van der Waals surface area contributed by atoms with Gasteiger partial charge in [-0.15, -0.1) is 0 Å². The summed E-state index contributed by atoms with van der Waals surface area (Å²) in [5.41, 5.74) is 1.38. The van der Waals surface area contributed by atoms with Crippen molar-refractivity contribution < 1.29 is 27.4 Å². The molecule has 0 spiro atoms. The van der Waals surface area contributed by atoms with Crippen molar-refractivity contribution in [1.29, 1.82) is 0 Å². The number of allylic oxidation sites excluding steroid dienone is 3. The Balaban J connectivity index is 1.83. The number of halogens is 3. The first-order chi connectivity index (χ1) is 15.4. The van der Waals surface area contributed by atoms with E-state index in [-0.39, 0.29) is 25.2 Å². The SMILES string of the molecule is C/C=C\C(=C/C(CCC)C(F)(F)F)C1COC2=C(N1)C(Oc1ccnc(OC)c1)CCC2. The van der Waals surface area contributed by atoms with Crippen LogP contribution >= 0.6 is 0 Å². The molecule has 1 N–H and O–H groups in total. The van der Waals surface area contributed by atoms with Gasteiger partial charge in [-0.25, -0.2) is 4.98 Å². The van der Waals surface area contributed by atoms with Crippen molar-refractivity contribution in [2.24, 2.45) is 5.92 Å². The van der Waals surface area contributed by atoms with Gasteiger partial charge >= 0.3 is 6.18 Å². The van der Waals surface area contributed by atoms with Crippen molar-refractivity contribution in [2.75, 3.05) is 13.7 Å². The highest BCUT2D eigenvalue weighted by atomic mass is 19.4. The quantitative estimate of drug-likeness (QED) is 0.513. The zero-order valence-corrected chi connectivity index (χ0v) is 18.7. The largest absolute Gasteiger partial charge is 0.493 e. The first-order valence-corrected chi connectivity index (χ1v) is 11.1. The lowest BCUT2D eigenvalue weighted by atomic mass is 9.93. The number of nitrogens with one attached hydrogen (secondary N) is 1. The third-order valence-corrected chi connectivity index (χ3v) is 5.62. The number of methoxy groups -OCH3 is 1. The summed E-state index contributed by atoms with van der Waals surface area (Å²) in [7, 11) is 1.54. The minimum Gasteiger partial charge on any atom is -0.493 e. The number of hydrogen-bond acceptors (Lipinski definition) is 5. The Hall–Kier alpha value is -2.64. The highest BCUT2D eigenvalue weighted by molar-refractivity contribution is 5.33. The van der Waals surface area contributed by atoms with E-state index in [0.717, 1.165) is 30.7 Å². The average Bonchev–Trinajstić information content (AvgIpc) is 2.78. The van der Waals surface area contributed by atoms with Crippen LogP contribution in [-0.2, 0) is 4.74 Å². The van der Waals surface area contributed by atoms with Gasteiger partial charge in [-0.2, -0.15) is 13.2 Å². The molecule has 3 rings (SSSR count). The average molecular weight is 453 g/mol. The van der Waals surface area contributed by atoms with Crippen molar-refractivity contribution >= 4 is 0 Å². The molecular weight excluding hydrogens is 421 g/mol. The molecule has 1 aromatic rings. The molecule has 32 heavy (non-hydrogen) atoms. The van der Waals surface area contributed by atoms with Crippen LogP contribution in [0.4, 0.5) is 13.2 Å². The Morgan fingerprint density at radius 3 is 2.91 bits per heavy atom. The predicted molar refractivity (Wildman–Crippen MR) is 116 cm³/mol. The van der Waals surface area contributed by atoms with Gasteiger partial charge in [0, 0.05) is 18.7 Å². The van der Waals surface area contributed by atoms with E-state index >= 15 is 0 Å². The molecule has 0 fully saturated rings. The van der Waals surface area contributed by atoms with Crippen LogP contribution in [0.2, 0.25) is 0 Å². The molecule has 0 amide bonds. The van der Waals surface area contributed by atoms with Crippen LogP contribution in [0.25, 0.3) is 0 Å². The van der Waals surface area contributed by atoms with E-state index in [0.29, 0.717) is 23.6 Å². The molecule has 3 atom stereocenters. The second kappa shape index (κ2) is 10.8. The second-order valence-corrected chi connectivity index (χ2v) is 7.98. The summed E-state index contributed by atoms with van der Waals surface area (Å²) in [6.45, 7) is 3.84. The monoisotopic (exact) mass is 452 g/mol. The van der Waals surface area contributed by atoms with Crippen LogP contribution < -0.4 is 14.8 Å². The summed E-state index contributed by atoms with van der Waals surface area (Å²) in [4.78, 5) is 4.09. The van der Waals surface area contributed by atoms with Crippen molar-refractivity contribution in [3.05, 3.63) is 53.6 Å². The molecule has 3 unspecified atom stereocenters. The summed E-state index contributed by atoms with van der Waals surface area (Å²) >= 11 is 0. The lowest BCUT2D eigenvalue weighted by molar-refractivity contribution is -0.162. The summed E-state index contributed by atoms with van der Waals surface area (Å²) in [6.07, 6.45) is 4.84. The molecule has 2 heterocycles. The maximum Gasteiger partial charge on any atom is 0.395 e. The van der Waals surface area contributed by atoms with Crippen LogP contribution in [-0.4, -0.2) is 37.0 Å². The minimum atomic E-state index is -4.28. The van der Waals surface area contributed by atoms with E-state index in [1.165, 1.54) is 13.2 Å². The number of pyridine rings is 1. The molecule has 0 bridgehead atoms. The van der Waals surface area contributed by atoms with Gasteiger partial charge in [0.05, 0.1) is 24.8 Å². The fourth-order valence-electron chi connectivity index (χ4n) is 4.05. The van der Waals surface area contributed by atoms with Crippen molar-refractivity contribution in [3.63, 3.8) is 0 Å². The van der Waals surface area contributed by atoms with E-state index in [9.17, 15) is 13.2 Å². The third kappa shape index (κ3) is 5.99. The van der Waals surface area contributed by atoms with Crippen molar-refractivity contribution in [3.8, 4) is 11.6 Å². The number of aromatic nitrogens is 1. The molecule has 2 aliphatic rings. The van der Waals surface area contributed by atoms with Crippen LogP contribution in [0, 0.1) is 5.92 Å². The Bertz CT molecular complexity index is 864. The molecule has 1 aliphatic heterocycles. The number of ether oxygens (including phenoxy) is 3. The van der Waals surface area contributed by atoms with Crippen LogP contribution in [0.5, 0.6) is 11.6 Å². The maximum absolute atomic E-state index is 13.5. The van der Waals surface area contributed by atoms with Gasteiger partial charge in [-0.3, -0.25) is 0 Å². The Morgan fingerprint density at radius 2 is 2.22 bits per heavy atom. The molecule has 5 nitrogen and oxygen atoms in total. The van der Waals surface area contributed by atoms with Gasteiger partial charge in [0.25, 0.3) is 0 Å². The molecule has 0 radical (unpaired) electrons. The highest BCUT2D eigenvalue weighted by Crippen LogP contribution is 2.35. The van der Waals surface area contributed by atoms with Crippen molar-refractivity contribution in [2.45, 2.75) is 64.3 Å². The first kappa shape index (κ1) is 24.0. The lowest BCUT2D eigenvalue weighted by Crippen LogP contribution is -2.45. The molecular formula is C24H31F3N2O3. The third-order valence-electron chi connectivity index (χ3n) is 5.62. The van der Waals surface area contributed by atoms with E-state index in [1.54, 1.807) is 44.3 Å². The van der Waals surface area contributed by atoms with Crippen LogP contribution in [0.1, 0.15) is 46.0 Å². The van der Waals surface area contributed by atoms with Gasteiger partial charge in [0.2, 0.25) is 5.88 Å². The van der Waals surface area contributed by atoms with Crippen molar-refractivity contribution in [1.82, 2.24) is 10.3 Å². The molecule has 0 saturated carbocycles. The van der Waals surface area contributed by atoms with Gasteiger partial charge < -0.3 is 19.5 Å². The lowest BCUT2D eigenvalue weighted by Gasteiger charge is -2.37. The van der Waals surface area contributed by atoms with E-state index in [1.807, 2.05) is 0 Å². The van der Waals surface area contributed by atoms with Gasteiger partial charge in [0.15, 0.2) is 0 Å². The smallest absolute Gasteiger partial charge is 0.395 e. The number of nitrogens with zero attached hydrogens (tertiary/aromatic N) is 1. The number of rotatable bonds is 8. The first-order valence-electron chi connectivity index (χ1n) is 11.1. The second-order valence-electron chi connectivity index (χ2n) is 7.98. The van der Waals surface area contributed by atoms with Crippen LogP contribution in [0.3, 0.4) is 0 Å². The van der Waals surface area contributed by atoms with Gasteiger partial charge in [-0.1, -0.05) is 31.6 Å². The fourth-order valence-corrected chi connectivity index (χ4v) is 4.05. The molecule has 1 aromatic heterocycles. The van der Waals surface area contributed by atoms with E-state index in [4.69, 9.17) is 14.2 Å². The Kier molecular flexibility index (Phi) is 8.10. The van der Waals surface area contributed by atoms with E-state index in [2.05, 4.69) is 10.3 Å². The summed E-state index contributed by atoms with van der Waals surface area (Å²) in [5, 5.41) is 3.43. The minimum absolute atomic E-state index is 0.0572. The molecule has 0 saturated heterocycles. The maximum atomic E-state index is 13.5.